The molecular weight excluding hydrogens is 252 g/mol. The highest BCUT2D eigenvalue weighted by atomic mass is 35.5. The monoisotopic (exact) mass is 268 g/mol. The number of hydrogen-bond donors (Lipinski definition) is 2. The maximum absolute atomic E-state index is 12.2. The summed E-state index contributed by atoms with van der Waals surface area (Å²) >= 11 is 5.94. The van der Waals surface area contributed by atoms with E-state index < -0.39 is 5.41 Å². The molecule has 0 fully saturated rings. The van der Waals surface area contributed by atoms with Crippen molar-refractivity contribution in [2.75, 3.05) is 11.9 Å². The van der Waals surface area contributed by atoms with Crippen molar-refractivity contribution in [3.05, 3.63) is 28.8 Å². The smallest absolute Gasteiger partial charge is 0.221 e. The van der Waals surface area contributed by atoms with Gasteiger partial charge in [0.2, 0.25) is 5.91 Å². The fourth-order valence-corrected chi connectivity index (χ4v) is 1.60. The average molecular weight is 269 g/mol. The molecule has 0 unspecified atom stereocenters. The number of benzene rings is 1. The number of anilines is 1. The largest absolute Gasteiger partial charge is 0.329 e. The Hall–Kier alpha value is -1.39. The molecule has 0 atom stereocenters. The molecule has 0 bridgehead atoms. The molecule has 98 valence electrons. The predicted octanol–water partition coefficient (Wildman–Crippen LogP) is 2.47. The molecule has 4 nitrogen and oxygen atoms in total. The summed E-state index contributed by atoms with van der Waals surface area (Å²) in [6.45, 7) is 5.20. The first-order valence-electron chi connectivity index (χ1n) is 5.60. The molecule has 3 N–H and O–H groups in total. The predicted molar refractivity (Wildman–Crippen MR) is 72.9 cm³/mol. The number of halogens is 1. The molecule has 0 aliphatic carbocycles. The van der Waals surface area contributed by atoms with Crippen LogP contribution in [0.25, 0.3) is 0 Å². The van der Waals surface area contributed by atoms with E-state index in [9.17, 15) is 9.59 Å². The summed E-state index contributed by atoms with van der Waals surface area (Å²) in [5, 5.41) is 2.98. The lowest BCUT2D eigenvalue weighted by Gasteiger charge is -2.21. The van der Waals surface area contributed by atoms with Gasteiger partial charge in [-0.15, -0.1) is 0 Å². The minimum absolute atomic E-state index is 0.0757. The van der Waals surface area contributed by atoms with Crippen molar-refractivity contribution in [3.8, 4) is 0 Å². The van der Waals surface area contributed by atoms with Gasteiger partial charge in [0.15, 0.2) is 5.78 Å². The van der Waals surface area contributed by atoms with Crippen LogP contribution in [-0.2, 0) is 4.79 Å². The lowest BCUT2D eigenvalue weighted by molar-refractivity contribution is -0.114. The fraction of sp³-hybridized carbons (Fsp3) is 0.385. The molecule has 1 rings (SSSR count). The number of nitrogens with one attached hydrogen (secondary N) is 1. The molecule has 0 spiro atoms. The summed E-state index contributed by atoms with van der Waals surface area (Å²) in [6.07, 6.45) is 0. The Morgan fingerprint density at radius 3 is 2.50 bits per heavy atom. The van der Waals surface area contributed by atoms with Crippen molar-refractivity contribution in [2.24, 2.45) is 11.1 Å². The number of ketones is 1. The molecule has 0 heterocycles. The molecule has 1 aromatic rings. The van der Waals surface area contributed by atoms with Crippen molar-refractivity contribution in [1.29, 1.82) is 0 Å². The Kier molecular flexibility index (Phi) is 4.48. The van der Waals surface area contributed by atoms with Crippen LogP contribution in [0, 0.1) is 5.41 Å². The van der Waals surface area contributed by atoms with E-state index in [-0.39, 0.29) is 18.2 Å². The van der Waals surface area contributed by atoms with Gasteiger partial charge < -0.3 is 11.1 Å². The highest BCUT2D eigenvalue weighted by Crippen LogP contribution is 2.27. The van der Waals surface area contributed by atoms with Crippen molar-refractivity contribution in [1.82, 2.24) is 0 Å². The second-order valence-corrected chi connectivity index (χ2v) is 5.20. The summed E-state index contributed by atoms with van der Waals surface area (Å²) in [5.74, 6) is -0.312. The summed E-state index contributed by atoms with van der Waals surface area (Å²) in [7, 11) is 0. The van der Waals surface area contributed by atoms with E-state index in [2.05, 4.69) is 5.32 Å². The summed E-state index contributed by atoms with van der Waals surface area (Å²) < 4.78 is 0. The normalized spacial score (nSPS) is 11.2. The van der Waals surface area contributed by atoms with Crippen LogP contribution in [0.5, 0.6) is 0 Å². The van der Waals surface area contributed by atoms with Crippen LogP contribution < -0.4 is 11.1 Å². The number of carbonyl (C=O) groups excluding carboxylic acids is 2. The van der Waals surface area contributed by atoms with Gasteiger partial charge in [-0.05, 0) is 18.2 Å². The van der Waals surface area contributed by atoms with Crippen LogP contribution in [0.2, 0.25) is 5.02 Å². The van der Waals surface area contributed by atoms with Gasteiger partial charge in [0.1, 0.15) is 0 Å². The number of carbonyl (C=O) groups is 2. The van der Waals surface area contributed by atoms with Gasteiger partial charge in [-0.2, -0.15) is 0 Å². The molecule has 0 saturated carbocycles. The highest BCUT2D eigenvalue weighted by Gasteiger charge is 2.27. The van der Waals surface area contributed by atoms with E-state index in [4.69, 9.17) is 17.3 Å². The first kappa shape index (κ1) is 14.7. The Morgan fingerprint density at radius 1 is 1.39 bits per heavy atom. The van der Waals surface area contributed by atoms with Gasteiger partial charge in [0, 0.05) is 24.4 Å². The number of hydrogen-bond acceptors (Lipinski definition) is 3. The quantitative estimate of drug-likeness (QED) is 0.824. The molecule has 0 radical (unpaired) electrons. The summed E-state index contributed by atoms with van der Waals surface area (Å²) in [4.78, 5) is 23.2. The molecular formula is C13H17ClN2O2. The van der Waals surface area contributed by atoms with E-state index in [1.165, 1.54) is 6.92 Å². The SMILES string of the molecule is CC(=O)Nc1cc(C(=O)C(C)(C)CN)ccc1Cl. The maximum Gasteiger partial charge on any atom is 0.221 e. The third-order valence-corrected chi connectivity index (χ3v) is 2.99. The van der Waals surface area contributed by atoms with Crippen molar-refractivity contribution >= 4 is 29.0 Å². The fourth-order valence-electron chi connectivity index (χ4n) is 1.44. The second-order valence-electron chi connectivity index (χ2n) is 4.79. The zero-order chi connectivity index (χ0) is 13.9. The molecule has 0 aromatic heterocycles. The third kappa shape index (κ3) is 3.31. The van der Waals surface area contributed by atoms with E-state index in [0.29, 0.717) is 16.3 Å². The zero-order valence-corrected chi connectivity index (χ0v) is 11.5. The summed E-state index contributed by atoms with van der Waals surface area (Å²) in [5.41, 5.74) is 5.86. The standard InChI is InChI=1S/C13H17ClN2O2/c1-8(17)16-11-6-9(4-5-10(11)14)12(18)13(2,3)7-15/h4-6H,7,15H2,1-3H3,(H,16,17). The van der Waals surface area contributed by atoms with E-state index in [0.717, 1.165) is 0 Å². The molecule has 1 aromatic carbocycles. The average Bonchev–Trinajstić information content (AvgIpc) is 2.30. The topological polar surface area (TPSA) is 72.2 Å². The Balaban J connectivity index is 3.12. The number of Topliss-reactive ketones (excluding diaryl/α,β-unsaturated/α-hetero) is 1. The lowest BCUT2D eigenvalue weighted by Crippen LogP contribution is -2.32. The third-order valence-electron chi connectivity index (χ3n) is 2.66. The Morgan fingerprint density at radius 2 is 2.00 bits per heavy atom. The van der Waals surface area contributed by atoms with Gasteiger partial charge >= 0.3 is 0 Å². The van der Waals surface area contributed by atoms with Gasteiger partial charge in [-0.25, -0.2) is 0 Å². The highest BCUT2D eigenvalue weighted by molar-refractivity contribution is 6.33. The van der Waals surface area contributed by atoms with Crippen LogP contribution >= 0.6 is 11.6 Å². The maximum atomic E-state index is 12.2. The van der Waals surface area contributed by atoms with Crippen LogP contribution in [0.4, 0.5) is 5.69 Å². The van der Waals surface area contributed by atoms with Crippen LogP contribution in [0.3, 0.4) is 0 Å². The lowest BCUT2D eigenvalue weighted by atomic mass is 9.84. The molecule has 0 aliphatic rings. The molecule has 0 aliphatic heterocycles. The van der Waals surface area contributed by atoms with Crippen molar-refractivity contribution < 1.29 is 9.59 Å². The molecule has 1 amide bonds. The van der Waals surface area contributed by atoms with Crippen LogP contribution in [0.1, 0.15) is 31.1 Å². The van der Waals surface area contributed by atoms with Gasteiger partial charge in [0.05, 0.1) is 10.7 Å². The minimum atomic E-state index is -0.638. The minimum Gasteiger partial charge on any atom is -0.329 e. The number of rotatable bonds is 4. The van der Waals surface area contributed by atoms with Crippen LogP contribution in [0.15, 0.2) is 18.2 Å². The molecule has 18 heavy (non-hydrogen) atoms. The van der Waals surface area contributed by atoms with Crippen molar-refractivity contribution in [2.45, 2.75) is 20.8 Å². The van der Waals surface area contributed by atoms with Gasteiger partial charge in [-0.3, -0.25) is 9.59 Å². The summed E-state index contributed by atoms with van der Waals surface area (Å²) in [6, 6.07) is 4.80. The zero-order valence-electron chi connectivity index (χ0n) is 10.7. The molecule has 5 heteroatoms. The van der Waals surface area contributed by atoms with E-state index in [1.54, 1.807) is 32.0 Å². The number of nitrogens with two attached hydrogens (primary N) is 1. The van der Waals surface area contributed by atoms with E-state index in [1.807, 2.05) is 0 Å². The number of amides is 1. The Labute approximate surface area is 112 Å². The van der Waals surface area contributed by atoms with Gasteiger partial charge in [-0.1, -0.05) is 25.4 Å². The first-order valence-corrected chi connectivity index (χ1v) is 5.98. The molecule has 0 saturated heterocycles. The second kappa shape index (κ2) is 5.50. The first-order chi connectivity index (χ1) is 8.27. The van der Waals surface area contributed by atoms with E-state index >= 15 is 0 Å². The van der Waals surface area contributed by atoms with Crippen LogP contribution in [-0.4, -0.2) is 18.2 Å². The van der Waals surface area contributed by atoms with Crippen molar-refractivity contribution in [3.63, 3.8) is 0 Å². The van der Waals surface area contributed by atoms with Gasteiger partial charge in [0.25, 0.3) is 0 Å². The Bertz CT molecular complexity index is 484.